The van der Waals surface area contributed by atoms with E-state index in [1.807, 2.05) is 18.2 Å². The van der Waals surface area contributed by atoms with Crippen molar-refractivity contribution in [1.82, 2.24) is 9.78 Å². The number of nitrogens with zero attached hydrogens (tertiary/aromatic N) is 2. The smallest absolute Gasteiger partial charge is 0.228 e. The molecular weight excluding hydrogens is 317 g/mol. The van der Waals surface area contributed by atoms with Crippen LogP contribution in [-0.4, -0.2) is 15.7 Å². The van der Waals surface area contributed by atoms with Crippen LogP contribution in [0.2, 0.25) is 0 Å². The van der Waals surface area contributed by atoms with Crippen LogP contribution in [0.3, 0.4) is 0 Å². The van der Waals surface area contributed by atoms with Gasteiger partial charge >= 0.3 is 0 Å². The van der Waals surface area contributed by atoms with Crippen LogP contribution in [0.1, 0.15) is 23.5 Å². The predicted molar refractivity (Wildman–Crippen MR) is 93.6 cm³/mol. The summed E-state index contributed by atoms with van der Waals surface area (Å²) in [6.07, 6.45) is 4.32. The number of aromatic nitrogens is 2. The fourth-order valence-electron chi connectivity index (χ4n) is 3.08. The molecule has 25 heavy (non-hydrogen) atoms. The Morgan fingerprint density at radius 3 is 2.68 bits per heavy atom. The quantitative estimate of drug-likeness (QED) is 0.771. The molecule has 4 nitrogen and oxygen atoms in total. The molecular formula is C20H18FN3O. The lowest BCUT2D eigenvalue weighted by molar-refractivity contribution is -0.117. The van der Waals surface area contributed by atoms with Gasteiger partial charge in [-0.05, 0) is 35.6 Å². The van der Waals surface area contributed by atoms with E-state index in [2.05, 4.69) is 22.5 Å². The second-order valence-electron chi connectivity index (χ2n) is 6.40. The van der Waals surface area contributed by atoms with E-state index in [-0.39, 0.29) is 17.6 Å². The average Bonchev–Trinajstić information content (AvgIpc) is 3.33. The maximum Gasteiger partial charge on any atom is 0.228 e. The van der Waals surface area contributed by atoms with Crippen LogP contribution in [0.15, 0.2) is 67.0 Å². The molecule has 2 atom stereocenters. The van der Waals surface area contributed by atoms with E-state index < -0.39 is 0 Å². The van der Waals surface area contributed by atoms with Gasteiger partial charge in [0.25, 0.3) is 0 Å². The zero-order valence-electron chi connectivity index (χ0n) is 13.6. The largest absolute Gasteiger partial charge is 0.323 e. The van der Waals surface area contributed by atoms with E-state index in [0.717, 1.165) is 12.0 Å². The van der Waals surface area contributed by atoms with Crippen molar-refractivity contribution < 1.29 is 9.18 Å². The number of halogens is 1. The highest BCUT2D eigenvalue weighted by atomic mass is 19.1. The standard InChI is InChI=1S/C20H18FN3O/c21-16-8-6-14(7-9-16)12-24-13-17(11-22-24)23-20(25)19-10-18(19)15-4-2-1-3-5-15/h1-9,11,13,18-19H,10,12H2,(H,23,25)/t18-,19+/m1/s1. The van der Waals surface area contributed by atoms with Gasteiger partial charge in [0.1, 0.15) is 5.82 Å². The number of anilines is 1. The van der Waals surface area contributed by atoms with Gasteiger partial charge in [-0.15, -0.1) is 0 Å². The summed E-state index contributed by atoms with van der Waals surface area (Å²) in [5, 5.41) is 7.19. The van der Waals surface area contributed by atoms with Crippen LogP contribution >= 0.6 is 0 Å². The molecule has 1 aliphatic carbocycles. The van der Waals surface area contributed by atoms with Crippen molar-refractivity contribution >= 4 is 11.6 Å². The SMILES string of the molecule is O=C(Nc1cnn(Cc2ccc(F)cc2)c1)[C@H]1C[C@@H]1c1ccccc1. The minimum Gasteiger partial charge on any atom is -0.323 e. The average molecular weight is 335 g/mol. The van der Waals surface area contributed by atoms with Gasteiger partial charge in [-0.1, -0.05) is 42.5 Å². The molecule has 0 aliphatic heterocycles. The zero-order chi connectivity index (χ0) is 17.2. The molecule has 1 saturated carbocycles. The molecule has 1 amide bonds. The summed E-state index contributed by atoms with van der Waals surface area (Å²) in [4.78, 5) is 12.4. The molecule has 1 fully saturated rings. The molecule has 126 valence electrons. The van der Waals surface area contributed by atoms with Crippen LogP contribution in [-0.2, 0) is 11.3 Å². The van der Waals surface area contributed by atoms with Gasteiger partial charge in [-0.2, -0.15) is 5.10 Å². The Labute approximate surface area is 145 Å². The van der Waals surface area contributed by atoms with E-state index in [1.165, 1.54) is 17.7 Å². The molecule has 1 N–H and O–H groups in total. The van der Waals surface area contributed by atoms with Crippen molar-refractivity contribution in [3.05, 3.63) is 83.9 Å². The number of carbonyl (C=O) groups is 1. The summed E-state index contributed by atoms with van der Waals surface area (Å²) in [7, 11) is 0. The van der Waals surface area contributed by atoms with Gasteiger partial charge in [-0.3, -0.25) is 9.48 Å². The number of carbonyl (C=O) groups excluding carboxylic acids is 1. The third-order valence-corrected chi connectivity index (χ3v) is 4.51. The topological polar surface area (TPSA) is 46.9 Å². The van der Waals surface area contributed by atoms with Gasteiger partial charge in [0, 0.05) is 12.1 Å². The van der Waals surface area contributed by atoms with Gasteiger partial charge in [-0.25, -0.2) is 4.39 Å². The highest BCUT2D eigenvalue weighted by Crippen LogP contribution is 2.47. The first-order valence-electron chi connectivity index (χ1n) is 8.32. The monoisotopic (exact) mass is 335 g/mol. The Bertz CT molecular complexity index is 873. The minimum absolute atomic E-state index is 0.0304. The molecule has 0 unspecified atom stereocenters. The summed E-state index contributed by atoms with van der Waals surface area (Å²) in [6.45, 7) is 0.534. The number of benzene rings is 2. The maximum atomic E-state index is 12.9. The van der Waals surface area contributed by atoms with Gasteiger partial charge < -0.3 is 5.32 Å². The Balaban J connectivity index is 1.35. The third-order valence-electron chi connectivity index (χ3n) is 4.51. The molecule has 0 bridgehead atoms. The molecule has 0 radical (unpaired) electrons. The van der Waals surface area contributed by atoms with E-state index >= 15 is 0 Å². The van der Waals surface area contributed by atoms with Crippen LogP contribution in [0.5, 0.6) is 0 Å². The van der Waals surface area contributed by atoms with Crippen LogP contribution in [0.4, 0.5) is 10.1 Å². The fraction of sp³-hybridized carbons (Fsp3) is 0.200. The molecule has 3 aromatic rings. The number of amides is 1. The lowest BCUT2D eigenvalue weighted by Crippen LogP contribution is -2.14. The normalized spacial score (nSPS) is 18.8. The lowest BCUT2D eigenvalue weighted by Gasteiger charge is -2.03. The molecule has 5 heteroatoms. The highest BCUT2D eigenvalue weighted by Gasteiger charge is 2.43. The van der Waals surface area contributed by atoms with Crippen molar-refractivity contribution in [1.29, 1.82) is 0 Å². The van der Waals surface area contributed by atoms with E-state index in [1.54, 1.807) is 29.2 Å². The summed E-state index contributed by atoms with van der Waals surface area (Å²) in [5.74, 6) is 0.128. The Morgan fingerprint density at radius 1 is 1.16 bits per heavy atom. The molecule has 1 aliphatic rings. The molecule has 4 rings (SSSR count). The number of nitrogens with one attached hydrogen (secondary N) is 1. The Kier molecular flexibility index (Phi) is 4.06. The van der Waals surface area contributed by atoms with E-state index in [4.69, 9.17) is 0 Å². The first-order valence-corrected chi connectivity index (χ1v) is 8.32. The van der Waals surface area contributed by atoms with Crippen molar-refractivity contribution in [3.8, 4) is 0 Å². The molecule has 1 heterocycles. The molecule has 0 saturated heterocycles. The maximum absolute atomic E-state index is 12.9. The number of hydrogen-bond acceptors (Lipinski definition) is 2. The van der Waals surface area contributed by atoms with Crippen molar-refractivity contribution in [2.24, 2.45) is 5.92 Å². The number of hydrogen-bond donors (Lipinski definition) is 1. The molecule has 2 aromatic carbocycles. The summed E-state index contributed by atoms with van der Waals surface area (Å²) in [5.41, 5.74) is 2.86. The Morgan fingerprint density at radius 2 is 1.92 bits per heavy atom. The first-order chi connectivity index (χ1) is 12.2. The van der Waals surface area contributed by atoms with Crippen LogP contribution in [0, 0.1) is 11.7 Å². The second kappa shape index (κ2) is 6.51. The van der Waals surface area contributed by atoms with Crippen molar-refractivity contribution in [3.63, 3.8) is 0 Å². The highest BCUT2D eigenvalue weighted by molar-refractivity contribution is 5.95. The number of rotatable bonds is 5. The van der Waals surface area contributed by atoms with E-state index in [0.29, 0.717) is 18.2 Å². The van der Waals surface area contributed by atoms with Crippen molar-refractivity contribution in [2.45, 2.75) is 18.9 Å². The Hall–Kier alpha value is -2.95. The zero-order valence-corrected chi connectivity index (χ0v) is 13.6. The summed E-state index contributed by atoms with van der Waals surface area (Å²) in [6, 6.07) is 16.4. The fourth-order valence-corrected chi connectivity index (χ4v) is 3.08. The second-order valence-corrected chi connectivity index (χ2v) is 6.40. The van der Waals surface area contributed by atoms with E-state index in [9.17, 15) is 9.18 Å². The van der Waals surface area contributed by atoms with Crippen LogP contribution in [0.25, 0.3) is 0 Å². The minimum atomic E-state index is -0.255. The van der Waals surface area contributed by atoms with Gasteiger partial charge in [0.05, 0.1) is 18.4 Å². The predicted octanol–water partition coefficient (Wildman–Crippen LogP) is 3.81. The molecule has 0 spiro atoms. The lowest BCUT2D eigenvalue weighted by atomic mass is 10.1. The van der Waals surface area contributed by atoms with Crippen molar-refractivity contribution in [2.75, 3.05) is 5.32 Å². The van der Waals surface area contributed by atoms with Gasteiger partial charge in [0.2, 0.25) is 5.91 Å². The molecule has 1 aromatic heterocycles. The summed E-state index contributed by atoms with van der Waals surface area (Å²) >= 11 is 0. The van der Waals surface area contributed by atoms with Crippen LogP contribution < -0.4 is 5.32 Å². The first kappa shape index (κ1) is 15.6. The third kappa shape index (κ3) is 3.60. The van der Waals surface area contributed by atoms with Gasteiger partial charge in [0.15, 0.2) is 0 Å². The summed E-state index contributed by atoms with van der Waals surface area (Å²) < 4.78 is 14.7.